The first-order chi connectivity index (χ1) is 11.1. The number of hydrogen-bond acceptors (Lipinski definition) is 3. The van der Waals surface area contributed by atoms with E-state index in [1.807, 2.05) is 28.5 Å². The van der Waals surface area contributed by atoms with Gasteiger partial charge in [-0.2, -0.15) is 0 Å². The van der Waals surface area contributed by atoms with E-state index < -0.39 is 0 Å². The molecule has 0 unspecified atom stereocenters. The first kappa shape index (κ1) is 16.8. The Morgan fingerprint density at radius 1 is 1.26 bits per heavy atom. The van der Waals surface area contributed by atoms with Gasteiger partial charge in [0.15, 0.2) is 0 Å². The number of benzene rings is 1. The van der Waals surface area contributed by atoms with Crippen LogP contribution in [0.3, 0.4) is 0 Å². The van der Waals surface area contributed by atoms with Crippen molar-refractivity contribution < 1.29 is 9.53 Å². The predicted molar refractivity (Wildman–Crippen MR) is 94.0 cm³/mol. The van der Waals surface area contributed by atoms with Crippen molar-refractivity contribution in [2.24, 2.45) is 0 Å². The maximum absolute atomic E-state index is 12.2. The minimum atomic E-state index is 0.111. The summed E-state index contributed by atoms with van der Waals surface area (Å²) in [6.45, 7) is 1.67. The molecule has 122 valence electrons. The average Bonchev–Trinajstić information content (AvgIpc) is 3.11. The van der Waals surface area contributed by atoms with E-state index in [0.29, 0.717) is 36.2 Å². The van der Waals surface area contributed by atoms with Crippen LogP contribution < -0.4 is 0 Å². The fourth-order valence-electron chi connectivity index (χ4n) is 2.77. The second kappa shape index (κ2) is 7.67. The van der Waals surface area contributed by atoms with E-state index in [4.69, 9.17) is 27.9 Å². The van der Waals surface area contributed by atoms with Crippen molar-refractivity contribution in [3.05, 3.63) is 56.2 Å². The molecule has 3 rings (SSSR count). The van der Waals surface area contributed by atoms with Gasteiger partial charge in [0, 0.05) is 27.9 Å². The van der Waals surface area contributed by atoms with Crippen LogP contribution in [0.5, 0.6) is 0 Å². The minimum absolute atomic E-state index is 0.111. The third-order valence-corrected chi connectivity index (χ3v) is 5.15. The molecule has 23 heavy (non-hydrogen) atoms. The van der Waals surface area contributed by atoms with Crippen LogP contribution in [0.25, 0.3) is 0 Å². The molecule has 2 aromatic rings. The largest absolute Gasteiger partial charge is 0.374 e. The molecule has 1 saturated heterocycles. The number of nitrogens with zero attached hydrogens (tertiary/aromatic N) is 1. The highest BCUT2D eigenvalue weighted by Gasteiger charge is 2.31. The van der Waals surface area contributed by atoms with E-state index in [9.17, 15) is 4.79 Å². The maximum atomic E-state index is 12.2. The normalized spacial score (nSPS) is 17.9. The van der Waals surface area contributed by atoms with E-state index >= 15 is 0 Å². The molecule has 1 atom stereocenters. The number of hydrogen-bond donors (Lipinski definition) is 0. The van der Waals surface area contributed by atoms with Crippen LogP contribution in [0.2, 0.25) is 10.0 Å². The zero-order chi connectivity index (χ0) is 16.2. The summed E-state index contributed by atoms with van der Waals surface area (Å²) in [7, 11) is 0. The van der Waals surface area contributed by atoms with Crippen molar-refractivity contribution in [3.63, 3.8) is 0 Å². The van der Waals surface area contributed by atoms with Crippen molar-refractivity contribution in [2.75, 3.05) is 6.61 Å². The Morgan fingerprint density at radius 3 is 2.74 bits per heavy atom. The molecule has 1 fully saturated rings. The van der Waals surface area contributed by atoms with Gasteiger partial charge >= 0.3 is 0 Å². The summed E-state index contributed by atoms with van der Waals surface area (Å²) in [4.78, 5) is 15.2. The third-order valence-electron chi connectivity index (χ3n) is 3.86. The van der Waals surface area contributed by atoms with Gasteiger partial charge in [-0.15, -0.1) is 11.3 Å². The van der Waals surface area contributed by atoms with Crippen molar-refractivity contribution in [2.45, 2.75) is 32.0 Å². The molecule has 3 nitrogen and oxygen atoms in total. The molecular formula is C17H17Cl2NO2S. The molecule has 1 aliphatic heterocycles. The quantitative estimate of drug-likeness (QED) is 0.734. The smallest absolute Gasteiger partial charge is 0.223 e. The molecule has 1 aliphatic rings. The van der Waals surface area contributed by atoms with Gasteiger partial charge in [-0.05, 0) is 41.6 Å². The van der Waals surface area contributed by atoms with E-state index in [-0.39, 0.29) is 11.9 Å². The van der Waals surface area contributed by atoms with Crippen LogP contribution in [0.4, 0.5) is 0 Å². The monoisotopic (exact) mass is 369 g/mol. The summed E-state index contributed by atoms with van der Waals surface area (Å²) >= 11 is 13.8. The molecule has 0 spiro atoms. The van der Waals surface area contributed by atoms with Crippen molar-refractivity contribution >= 4 is 40.4 Å². The molecule has 0 N–H and O–H groups in total. The number of thiophene rings is 1. The van der Waals surface area contributed by atoms with Gasteiger partial charge in [0.1, 0.15) is 0 Å². The highest BCUT2D eigenvalue weighted by Crippen LogP contribution is 2.25. The average molecular weight is 370 g/mol. The van der Waals surface area contributed by atoms with Gasteiger partial charge < -0.3 is 9.64 Å². The van der Waals surface area contributed by atoms with E-state index in [1.54, 1.807) is 17.4 Å². The summed E-state index contributed by atoms with van der Waals surface area (Å²) in [5, 5.41) is 3.21. The summed E-state index contributed by atoms with van der Waals surface area (Å²) in [6, 6.07) is 9.57. The van der Waals surface area contributed by atoms with Crippen molar-refractivity contribution in [3.8, 4) is 0 Å². The molecule has 1 amide bonds. The fraction of sp³-hybridized carbons (Fsp3) is 0.353. The number of carbonyl (C=O) groups is 1. The number of likely N-dealkylation sites (tertiary alicyclic amines) is 1. The third kappa shape index (κ3) is 4.48. The van der Waals surface area contributed by atoms with E-state index in [2.05, 4.69) is 6.07 Å². The fourth-order valence-corrected chi connectivity index (χ4v) is 3.98. The molecule has 0 bridgehead atoms. The molecule has 2 heterocycles. The Balaban J connectivity index is 1.60. The van der Waals surface area contributed by atoms with Gasteiger partial charge in [0.2, 0.25) is 5.91 Å². The summed E-state index contributed by atoms with van der Waals surface area (Å²) in [6.07, 6.45) is 1.40. The van der Waals surface area contributed by atoms with E-state index in [1.165, 1.54) is 4.88 Å². The first-order valence-corrected chi connectivity index (χ1v) is 9.10. The molecule has 0 saturated carbocycles. The topological polar surface area (TPSA) is 29.5 Å². The van der Waals surface area contributed by atoms with Crippen LogP contribution in [0.15, 0.2) is 35.7 Å². The Bertz CT molecular complexity index is 655. The lowest BCUT2D eigenvalue weighted by molar-refractivity contribution is -0.130. The van der Waals surface area contributed by atoms with Gasteiger partial charge in [0.25, 0.3) is 0 Å². The second-order valence-corrected chi connectivity index (χ2v) is 7.49. The Hall–Kier alpha value is -1.07. The molecule has 1 aromatic carbocycles. The molecule has 0 aliphatic carbocycles. The lowest BCUT2D eigenvalue weighted by Gasteiger charge is -2.25. The number of amides is 1. The summed E-state index contributed by atoms with van der Waals surface area (Å²) in [5.41, 5.74) is 0.945. The molecule has 6 heteroatoms. The van der Waals surface area contributed by atoms with Gasteiger partial charge in [-0.25, -0.2) is 0 Å². The highest BCUT2D eigenvalue weighted by atomic mass is 35.5. The Labute approximate surface area is 149 Å². The first-order valence-electron chi connectivity index (χ1n) is 7.46. The summed E-state index contributed by atoms with van der Waals surface area (Å²) in [5.74, 6) is 0.158. The minimum Gasteiger partial charge on any atom is -0.374 e. The van der Waals surface area contributed by atoms with Crippen LogP contribution in [-0.2, 0) is 22.7 Å². The van der Waals surface area contributed by atoms with Crippen LogP contribution in [-0.4, -0.2) is 23.5 Å². The van der Waals surface area contributed by atoms with Crippen LogP contribution in [0.1, 0.15) is 23.3 Å². The number of ether oxygens (including phenoxy) is 1. The van der Waals surface area contributed by atoms with E-state index in [0.717, 1.165) is 12.0 Å². The van der Waals surface area contributed by atoms with Gasteiger partial charge in [-0.1, -0.05) is 29.3 Å². The lowest BCUT2D eigenvalue weighted by atomic mass is 10.2. The zero-order valence-corrected chi connectivity index (χ0v) is 14.8. The molecule has 0 radical (unpaired) electrons. The van der Waals surface area contributed by atoms with Gasteiger partial charge in [0.05, 0.1) is 19.3 Å². The highest BCUT2D eigenvalue weighted by molar-refractivity contribution is 7.09. The molecule has 1 aromatic heterocycles. The predicted octanol–water partition coefficient (Wildman–Crippen LogP) is 4.76. The maximum Gasteiger partial charge on any atom is 0.223 e. The van der Waals surface area contributed by atoms with Gasteiger partial charge in [-0.3, -0.25) is 4.79 Å². The zero-order valence-electron chi connectivity index (χ0n) is 12.5. The summed E-state index contributed by atoms with van der Waals surface area (Å²) < 4.78 is 5.79. The lowest BCUT2D eigenvalue weighted by Crippen LogP contribution is -2.35. The standard InChI is InChI=1S/C17H17Cl2NO2S/c18-13-6-12(7-14(19)8-13)9-20-15(3-4-17(20)21)10-22-11-16-2-1-5-23-16/h1-2,5-8,15H,3-4,9-11H2/t15-/m1/s1. The second-order valence-electron chi connectivity index (χ2n) is 5.59. The Morgan fingerprint density at radius 2 is 2.04 bits per heavy atom. The number of halogens is 2. The number of carbonyl (C=O) groups excluding carboxylic acids is 1. The van der Waals surface area contributed by atoms with Crippen LogP contribution in [0, 0.1) is 0 Å². The number of rotatable bonds is 6. The van der Waals surface area contributed by atoms with Crippen LogP contribution >= 0.6 is 34.5 Å². The van der Waals surface area contributed by atoms with Crippen molar-refractivity contribution in [1.82, 2.24) is 4.90 Å². The Kier molecular flexibility index (Phi) is 5.59. The van der Waals surface area contributed by atoms with Crippen molar-refractivity contribution in [1.29, 1.82) is 0 Å². The SMILES string of the molecule is O=C1CC[C@H](COCc2cccs2)N1Cc1cc(Cl)cc(Cl)c1. The molecular weight excluding hydrogens is 353 g/mol.